The van der Waals surface area contributed by atoms with Crippen LogP contribution in [0, 0.1) is 5.82 Å². The van der Waals surface area contributed by atoms with Gasteiger partial charge in [-0.1, -0.05) is 38.1 Å². The van der Waals surface area contributed by atoms with Crippen LogP contribution in [0.5, 0.6) is 0 Å². The highest BCUT2D eigenvalue weighted by Crippen LogP contribution is 2.24. The first-order valence-electron chi connectivity index (χ1n) is 7.54. The predicted molar refractivity (Wildman–Crippen MR) is 88.2 cm³/mol. The van der Waals surface area contributed by atoms with E-state index in [2.05, 4.69) is 15.5 Å². The number of carbonyl (C=O) groups is 1. The molecule has 0 saturated carbocycles. The molecule has 0 saturated heterocycles. The lowest BCUT2D eigenvalue weighted by Gasteiger charge is -2.12. The van der Waals surface area contributed by atoms with Crippen molar-refractivity contribution < 1.29 is 13.6 Å². The largest absolute Gasteiger partial charge is 0.412 e. The molecule has 0 aliphatic rings. The first-order valence-corrected chi connectivity index (χ1v) is 7.54. The van der Waals surface area contributed by atoms with E-state index in [0.717, 1.165) is 5.56 Å². The van der Waals surface area contributed by atoms with E-state index < -0.39 is 11.7 Å². The molecule has 0 unspecified atom stereocenters. The molecule has 6 heteroatoms. The summed E-state index contributed by atoms with van der Waals surface area (Å²) in [5.74, 6) is -0.738. The molecule has 1 heterocycles. The number of benzene rings is 2. The Morgan fingerprint density at radius 3 is 2.67 bits per heavy atom. The number of nitrogens with zero attached hydrogens (tertiary/aromatic N) is 2. The summed E-state index contributed by atoms with van der Waals surface area (Å²) in [7, 11) is 0. The molecule has 3 aromatic rings. The lowest BCUT2D eigenvalue weighted by Crippen LogP contribution is -2.14. The summed E-state index contributed by atoms with van der Waals surface area (Å²) >= 11 is 0. The van der Waals surface area contributed by atoms with Crippen LogP contribution in [0.2, 0.25) is 0 Å². The maximum absolute atomic E-state index is 13.3. The van der Waals surface area contributed by atoms with Crippen LogP contribution in [0.1, 0.15) is 36.0 Å². The molecule has 24 heavy (non-hydrogen) atoms. The van der Waals surface area contributed by atoms with Crippen LogP contribution in [-0.2, 0) is 0 Å². The minimum atomic E-state index is -0.502. The van der Waals surface area contributed by atoms with Crippen LogP contribution in [-0.4, -0.2) is 16.1 Å². The Morgan fingerprint density at radius 1 is 1.12 bits per heavy atom. The number of hydrogen-bond donors (Lipinski definition) is 1. The van der Waals surface area contributed by atoms with Crippen LogP contribution in [0.15, 0.2) is 52.9 Å². The van der Waals surface area contributed by atoms with E-state index in [-0.39, 0.29) is 17.7 Å². The molecule has 0 spiro atoms. The third-order valence-corrected chi connectivity index (χ3v) is 3.52. The lowest BCUT2D eigenvalue weighted by atomic mass is 10.0. The van der Waals surface area contributed by atoms with Crippen molar-refractivity contribution in [3.8, 4) is 11.5 Å². The van der Waals surface area contributed by atoms with E-state index in [0.29, 0.717) is 11.3 Å². The summed E-state index contributed by atoms with van der Waals surface area (Å²) in [6, 6.07) is 13.3. The molecule has 3 rings (SSSR count). The molecule has 0 aliphatic carbocycles. The SMILES string of the molecule is CC(C)c1ccccc1NC(=O)c1nnc(-c2cccc(F)c2)o1. The zero-order valence-electron chi connectivity index (χ0n) is 13.3. The van der Waals surface area contributed by atoms with Crippen molar-refractivity contribution in [3.05, 3.63) is 65.8 Å². The maximum Gasteiger partial charge on any atom is 0.313 e. The van der Waals surface area contributed by atoms with Gasteiger partial charge in [0.25, 0.3) is 0 Å². The molecular formula is C18H16FN3O2. The van der Waals surface area contributed by atoms with Crippen molar-refractivity contribution in [1.29, 1.82) is 0 Å². The lowest BCUT2D eigenvalue weighted by molar-refractivity contribution is 0.0990. The molecule has 1 N–H and O–H groups in total. The fraction of sp³-hybridized carbons (Fsp3) is 0.167. The third-order valence-electron chi connectivity index (χ3n) is 3.52. The number of halogens is 1. The van der Waals surface area contributed by atoms with Gasteiger partial charge in [0.15, 0.2) is 0 Å². The van der Waals surface area contributed by atoms with Gasteiger partial charge in [0, 0.05) is 11.3 Å². The van der Waals surface area contributed by atoms with Gasteiger partial charge >= 0.3 is 11.8 Å². The normalized spacial score (nSPS) is 10.8. The van der Waals surface area contributed by atoms with Crippen LogP contribution in [0.25, 0.3) is 11.5 Å². The quantitative estimate of drug-likeness (QED) is 0.778. The van der Waals surface area contributed by atoms with Crippen LogP contribution < -0.4 is 5.32 Å². The zero-order valence-corrected chi connectivity index (χ0v) is 13.3. The van der Waals surface area contributed by atoms with E-state index in [1.807, 2.05) is 38.1 Å². The number of nitrogens with one attached hydrogen (secondary N) is 1. The second kappa shape index (κ2) is 6.62. The highest BCUT2D eigenvalue weighted by Gasteiger charge is 2.18. The topological polar surface area (TPSA) is 68.0 Å². The second-order valence-electron chi connectivity index (χ2n) is 5.62. The summed E-state index contributed by atoms with van der Waals surface area (Å²) in [6.45, 7) is 4.08. The summed E-state index contributed by atoms with van der Waals surface area (Å²) in [5, 5.41) is 10.3. The van der Waals surface area contributed by atoms with E-state index in [4.69, 9.17) is 4.42 Å². The van der Waals surface area contributed by atoms with Crippen LogP contribution in [0.3, 0.4) is 0 Å². The van der Waals surface area contributed by atoms with Gasteiger partial charge in [0.2, 0.25) is 5.89 Å². The predicted octanol–water partition coefficient (Wildman–Crippen LogP) is 4.25. The summed E-state index contributed by atoms with van der Waals surface area (Å²) < 4.78 is 18.6. The molecule has 1 amide bonds. The Kier molecular flexibility index (Phi) is 4.37. The molecule has 0 bridgehead atoms. The van der Waals surface area contributed by atoms with Gasteiger partial charge in [-0.25, -0.2) is 4.39 Å². The summed E-state index contributed by atoms with van der Waals surface area (Å²) in [5.41, 5.74) is 2.13. The number of anilines is 1. The van der Waals surface area contributed by atoms with Gasteiger partial charge in [-0.15, -0.1) is 10.2 Å². The van der Waals surface area contributed by atoms with Gasteiger partial charge in [0.1, 0.15) is 5.82 Å². The minimum Gasteiger partial charge on any atom is -0.412 e. The van der Waals surface area contributed by atoms with Crippen molar-refractivity contribution in [2.75, 3.05) is 5.32 Å². The second-order valence-corrected chi connectivity index (χ2v) is 5.62. The smallest absolute Gasteiger partial charge is 0.313 e. The van der Waals surface area contributed by atoms with E-state index in [1.165, 1.54) is 18.2 Å². The van der Waals surface area contributed by atoms with Crippen molar-refractivity contribution in [1.82, 2.24) is 10.2 Å². The van der Waals surface area contributed by atoms with E-state index >= 15 is 0 Å². The van der Waals surface area contributed by atoms with Gasteiger partial charge in [-0.3, -0.25) is 4.79 Å². The Morgan fingerprint density at radius 2 is 1.92 bits per heavy atom. The number of hydrogen-bond acceptors (Lipinski definition) is 4. The number of amides is 1. The molecule has 5 nitrogen and oxygen atoms in total. The van der Waals surface area contributed by atoms with Gasteiger partial charge < -0.3 is 9.73 Å². The highest BCUT2D eigenvalue weighted by atomic mass is 19.1. The Labute approximate surface area is 138 Å². The minimum absolute atomic E-state index is 0.0943. The summed E-state index contributed by atoms with van der Waals surface area (Å²) in [6.07, 6.45) is 0. The Hall–Kier alpha value is -3.02. The molecule has 2 aromatic carbocycles. The molecule has 0 radical (unpaired) electrons. The molecule has 0 fully saturated rings. The zero-order chi connectivity index (χ0) is 17.1. The van der Waals surface area contributed by atoms with Gasteiger partial charge in [-0.2, -0.15) is 0 Å². The van der Waals surface area contributed by atoms with Gasteiger partial charge in [0.05, 0.1) is 0 Å². The van der Waals surface area contributed by atoms with Crippen molar-refractivity contribution >= 4 is 11.6 Å². The van der Waals surface area contributed by atoms with E-state index in [9.17, 15) is 9.18 Å². The molecule has 0 atom stereocenters. The average molecular weight is 325 g/mol. The Balaban J connectivity index is 1.82. The van der Waals surface area contributed by atoms with Crippen molar-refractivity contribution in [2.45, 2.75) is 19.8 Å². The number of para-hydroxylation sites is 1. The maximum atomic E-state index is 13.3. The molecule has 122 valence electrons. The van der Waals surface area contributed by atoms with E-state index in [1.54, 1.807) is 6.07 Å². The number of carbonyl (C=O) groups excluding carboxylic acids is 1. The average Bonchev–Trinajstić information content (AvgIpc) is 3.05. The number of rotatable bonds is 4. The highest BCUT2D eigenvalue weighted by molar-refractivity contribution is 6.01. The number of aromatic nitrogens is 2. The van der Waals surface area contributed by atoms with Crippen molar-refractivity contribution in [3.63, 3.8) is 0 Å². The fourth-order valence-electron chi connectivity index (χ4n) is 2.34. The molecule has 1 aromatic heterocycles. The van der Waals surface area contributed by atoms with Crippen LogP contribution >= 0.6 is 0 Å². The third kappa shape index (κ3) is 3.32. The van der Waals surface area contributed by atoms with Crippen molar-refractivity contribution in [2.24, 2.45) is 0 Å². The van der Waals surface area contributed by atoms with Crippen LogP contribution in [0.4, 0.5) is 10.1 Å². The van der Waals surface area contributed by atoms with Gasteiger partial charge in [-0.05, 0) is 35.7 Å². The molecular weight excluding hydrogens is 309 g/mol. The fourth-order valence-corrected chi connectivity index (χ4v) is 2.34. The molecule has 0 aliphatic heterocycles. The Bertz CT molecular complexity index is 874. The first kappa shape index (κ1) is 15.9. The monoisotopic (exact) mass is 325 g/mol. The standard InChI is InChI=1S/C18H16FN3O2/c1-11(2)14-8-3-4-9-15(14)20-16(23)18-22-21-17(24-18)12-6-5-7-13(19)10-12/h3-11H,1-2H3,(H,20,23). The first-order chi connectivity index (χ1) is 11.5. The summed E-state index contributed by atoms with van der Waals surface area (Å²) in [4.78, 5) is 12.3.